The summed E-state index contributed by atoms with van der Waals surface area (Å²) in [6.45, 7) is 4.88. The third kappa shape index (κ3) is 64.8. The summed E-state index contributed by atoms with van der Waals surface area (Å²) in [5.74, 6) is -2.13. The molecule has 3 N–H and O–H groups in total. The smallest absolute Gasteiger partial charge is 0.462 e. The summed E-state index contributed by atoms with van der Waals surface area (Å²) in [5, 5.41) is 10.6. The fourth-order valence-corrected chi connectivity index (χ4v) is 12.4. The monoisotopic (exact) mass is 1320 g/mol. The Hall–Kier alpha value is -1.94. The summed E-state index contributed by atoms with van der Waals surface area (Å²) < 4.78 is 68.1. The number of phosphoric acid groups is 2. The first kappa shape index (κ1) is 88.1. The predicted octanol–water partition coefficient (Wildman–Crippen LogP) is 20.7. The van der Waals surface area contributed by atoms with E-state index in [-0.39, 0.29) is 25.7 Å². The third-order valence-corrected chi connectivity index (χ3v) is 18.5. The summed E-state index contributed by atoms with van der Waals surface area (Å²) in [6.07, 6.45) is 54.4. The zero-order valence-corrected chi connectivity index (χ0v) is 59.9. The van der Waals surface area contributed by atoms with Crippen LogP contribution >= 0.6 is 15.6 Å². The first-order chi connectivity index (χ1) is 43.7. The van der Waals surface area contributed by atoms with Crippen LogP contribution < -0.4 is 0 Å². The van der Waals surface area contributed by atoms with Crippen LogP contribution in [0.4, 0.5) is 0 Å². The molecule has 90 heavy (non-hydrogen) atoms. The molecule has 0 aromatic carbocycles. The molecule has 534 valence electrons. The molecule has 17 nitrogen and oxygen atoms in total. The molecular formula is C71H138O17P2. The molecule has 0 bridgehead atoms. The number of carbonyl (C=O) groups excluding carboxylic acids is 4. The molecule has 0 saturated carbocycles. The van der Waals surface area contributed by atoms with Crippen molar-refractivity contribution in [3.05, 3.63) is 0 Å². The average Bonchev–Trinajstić information content (AvgIpc) is 3.73. The Labute approximate surface area is 549 Å². The molecule has 0 aliphatic rings. The molecule has 0 spiro atoms. The molecule has 0 aromatic rings. The number of unbranched alkanes of at least 4 members (excludes halogenated alkanes) is 46. The maximum atomic E-state index is 13.0. The third-order valence-electron chi connectivity index (χ3n) is 16.6. The van der Waals surface area contributed by atoms with E-state index in [4.69, 9.17) is 37.0 Å². The van der Waals surface area contributed by atoms with Crippen LogP contribution in [-0.2, 0) is 65.4 Å². The molecule has 19 heteroatoms. The first-order valence-electron chi connectivity index (χ1n) is 37.3. The van der Waals surface area contributed by atoms with E-state index in [1.165, 1.54) is 199 Å². The van der Waals surface area contributed by atoms with Gasteiger partial charge in [-0.15, -0.1) is 0 Å². The Morgan fingerprint density at radius 3 is 0.656 bits per heavy atom. The van der Waals surface area contributed by atoms with E-state index in [0.717, 1.165) is 96.3 Å². The molecule has 2 unspecified atom stereocenters. The maximum Gasteiger partial charge on any atom is 0.472 e. The number of carbonyl (C=O) groups is 4. The quantitative estimate of drug-likeness (QED) is 0.0222. The minimum absolute atomic E-state index is 0.107. The normalized spacial score (nSPS) is 14.0. The molecule has 0 aliphatic carbocycles. The van der Waals surface area contributed by atoms with Gasteiger partial charge in [0.25, 0.3) is 0 Å². The van der Waals surface area contributed by atoms with Gasteiger partial charge in [0, 0.05) is 25.7 Å². The Bertz CT molecular complexity index is 1720. The van der Waals surface area contributed by atoms with Gasteiger partial charge in [-0.25, -0.2) is 9.13 Å². The van der Waals surface area contributed by atoms with Gasteiger partial charge in [0.1, 0.15) is 19.3 Å². The largest absolute Gasteiger partial charge is 0.472 e. The number of esters is 4. The van der Waals surface area contributed by atoms with Gasteiger partial charge in [-0.2, -0.15) is 0 Å². The van der Waals surface area contributed by atoms with E-state index in [2.05, 4.69) is 27.7 Å². The molecule has 0 aliphatic heterocycles. The van der Waals surface area contributed by atoms with E-state index in [0.29, 0.717) is 25.7 Å². The van der Waals surface area contributed by atoms with Crippen molar-refractivity contribution in [2.75, 3.05) is 39.6 Å². The molecule has 0 aromatic heterocycles. The van der Waals surface area contributed by atoms with Gasteiger partial charge in [0.15, 0.2) is 12.2 Å². The van der Waals surface area contributed by atoms with Crippen molar-refractivity contribution in [3.8, 4) is 0 Å². The van der Waals surface area contributed by atoms with Gasteiger partial charge < -0.3 is 33.8 Å². The molecule has 0 radical (unpaired) electrons. The fraction of sp³-hybridized carbons (Fsp3) is 0.944. The lowest BCUT2D eigenvalue weighted by Crippen LogP contribution is -2.30. The van der Waals surface area contributed by atoms with Crippen molar-refractivity contribution in [3.63, 3.8) is 0 Å². The summed E-state index contributed by atoms with van der Waals surface area (Å²) in [4.78, 5) is 72.3. The number of hydrogen-bond donors (Lipinski definition) is 3. The standard InChI is InChI=1S/C71H138O17P2/c1-5-9-13-17-20-23-26-29-32-34-37-40-43-46-50-54-58-71(76)88-67(62-82-69(74)56-52-48-44-41-38-36-33-30-27-24-21-18-14-10-6-2)64-86-90(79,80)84-60-65(72)59-83-89(77,78)85-63-66(61-81-68(73)55-51-47-16-12-8-4)87-70(75)57-53-49-45-42-39-35-31-28-25-22-19-15-11-7-3/h65-67,72H,5-64H2,1-4H3,(H,77,78)(H,79,80)/t65-,66+,67+/m0/s1. The highest BCUT2D eigenvalue weighted by Gasteiger charge is 2.30. The topological polar surface area (TPSA) is 237 Å². The molecule has 0 saturated heterocycles. The Kier molecular flexibility index (Phi) is 64.3. The van der Waals surface area contributed by atoms with Crippen LogP contribution in [0.1, 0.15) is 374 Å². The van der Waals surface area contributed by atoms with Crippen molar-refractivity contribution >= 4 is 39.5 Å². The molecular weight excluding hydrogens is 1190 g/mol. The SMILES string of the molecule is CCCCCCCCCCCCCCCCCCC(=O)O[C@H](COC(=O)CCCCCCCCCCCCCCCCC)COP(=O)(O)OC[C@@H](O)COP(=O)(O)OC[C@@H](COC(=O)CCCCCCC)OC(=O)CCCCCCCCCCCCCCCC. The van der Waals surface area contributed by atoms with Gasteiger partial charge in [0.2, 0.25) is 0 Å². The lowest BCUT2D eigenvalue weighted by molar-refractivity contribution is -0.161. The van der Waals surface area contributed by atoms with Crippen molar-refractivity contribution in [2.45, 2.75) is 393 Å². The van der Waals surface area contributed by atoms with Crippen LogP contribution in [0.5, 0.6) is 0 Å². The number of aliphatic hydroxyl groups is 1. The van der Waals surface area contributed by atoms with Crippen molar-refractivity contribution in [1.29, 1.82) is 0 Å². The Morgan fingerprint density at radius 2 is 0.444 bits per heavy atom. The van der Waals surface area contributed by atoms with E-state index in [1.54, 1.807) is 0 Å². The second-order valence-corrected chi connectivity index (χ2v) is 28.5. The summed E-state index contributed by atoms with van der Waals surface area (Å²) in [7, 11) is -9.89. The zero-order chi connectivity index (χ0) is 66.1. The number of aliphatic hydroxyl groups excluding tert-OH is 1. The number of ether oxygens (including phenoxy) is 4. The number of rotatable bonds is 72. The van der Waals surface area contributed by atoms with Crippen molar-refractivity contribution in [2.24, 2.45) is 0 Å². The van der Waals surface area contributed by atoms with Crippen LogP contribution in [0, 0.1) is 0 Å². The van der Waals surface area contributed by atoms with Gasteiger partial charge in [0.05, 0.1) is 26.4 Å². The number of phosphoric ester groups is 2. The Morgan fingerprint density at radius 1 is 0.267 bits per heavy atom. The molecule has 0 fully saturated rings. The zero-order valence-electron chi connectivity index (χ0n) is 58.1. The van der Waals surface area contributed by atoms with Crippen LogP contribution in [0.2, 0.25) is 0 Å². The van der Waals surface area contributed by atoms with E-state index in [9.17, 15) is 43.2 Å². The van der Waals surface area contributed by atoms with Gasteiger partial charge in [-0.05, 0) is 25.7 Å². The second kappa shape index (κ2) is 65.7. The van der Waals surface area contributed by atoms with Crippen LogP contribution in [0.25, 0.3) is 0 Å². The first-order valence-corrected chi connectivity index (χ1v) is 40.3. The van der Waals surface area contributed by atoms with Gasteiger partial charge >= 0.3 is 39.5 Å². The highest BCUT2D eigenvalue weighted by molar-refractivity contribution is 7.47. The summed E-state index contributed by atoms with van der Waals surface area (Å²) in [5.41, 5.74) is 0. The fourth-order valence-electron chi connectivity index (χ4n) is 10.9. The van der Waals surface area contributed by atoms with E-state index in [1.807, 2.05) is 0 Å². The van der Waals surface area contributed by atoms with Crippen LogP contribution in [0.3, 0.4) is 0 Å². The van der Waals surface area contributed by atoms with E-state index < -0.39 is 97.5 Å². The lowest BCUT2D eigenvalue weighted by atomic mass is 10.0. The lowest BCUT2D eigenvalue weighted by Gasteiger charge is -2.21. The summed E-state index contributed by atoms with van der Waals surface area (Å²) >= 11 is 0. The van der Waals surface area contributed by atoms with E-state index >= 15 is 0 Å². The number of hydrogen-bond acceptors (Lipinski definition) is 15. The minimum Gasteiger partial charge on any atom is -0.462 e. The Balaban J connectivity index is 5.15. The van der Waals surface area contributed by atoms with Crippen molar-refractivity contribution in [1.82, 2.24) is 0 Å². The highest BCUT2D eigenvalue weighted by Crippen LogP contribution is 2.45. The predicted molar refractivity (Wildman–Crippen MR) is 363 cm³/mol. The maximum absolute atomic E-state index is 13.0. The van der Waals surface area contributed by atoms with Crippen molar-refractivity contribution < 1.29 is 80.2 Å². The molecule has 0 amide bonds. The second-order valence-electron chi connectivity index (χ2n) is 25.6. The summed E-state index contributed by atoms with van der Waals surface area (Å²) in [6, 6.07) is 0. The molecule has 5 atom stereocenters. The van der Waals surface area contributed by atoms with Crippen LogP contribution in [-0.4, -0.2) is 96.7 Å². The average molecular weight is 1330 g/mol. The molecule has 0 rings (SSSR count). The molecule has 0 heterocycles. The van der Waals surface area contributed by atoms with Crippen LogP contribution in [0.15, 0.2) is 0 Å². The van der Waals surface area contributed by atoms with Gasteiger partial charge in [-0.1, -0.05) is 323 Å². The highest BCUT2D eigenvalue weighted by atomic mass is 31.2. The van der Waals surface area contributed by atoms with Gasteiger partial charge in [-0.3, -0.25) is 37.3 Å². The minimum atomic E-state index is -4.95.